The predicted molar refractivity (Wildman–Crippen MR) is 61.9 cm³/mol. The van der Waals surface area contributed by atoms with Gasteiger partial charge in [0.25, 0.3) is 0 Å². The first kappa shape index (κ1) is 11.4. The van der Waals surface area contributed by atoms with E-state index in [-0.39, 0.29) is 6.10 Å². The highest BCUT2D eigenvalue weighted by Crippen LogP contribution is 2.18. The first-order valence-corrected chi connectivity index (χ1v) is 6.51. The number of hydrogen-bond acceptors (Lipinski definition) is 3. The van der Waals surface area contributed by atoms with Gasteiger partial charge in [0.05, 0.1) is 6.10 Å². The van der Waals surface area contributed by atoms with Crippen LogP contribution >= 0.6 is 0 Å². The van der Waals surface area contributed by atoms with Gasteiger partial charge < -0.3 is 15.7 Å². The Morgan fingerprint density at radius 1 is 1.07 bits per heavy atom. The lowest BCUT2D eigenvalue weighted by molar-refractivity contribution is 0.119. The molecule has 0 aromatic rings. The third kappa shape index (κ3) is 3.44. The Bertz CT molecular complexity index is 180. The summed E-state index contributed by atoms with van der Waals surface area (Å²) in [5, 5.41) is 17.0. The van der Waals surface area contributed by atoms with Crippen molar-refractivity contribution in [1.82, 2.24) is 10.6 Å². The van der Waals surface area contributed by atoms with Crippen LogP contribution in [0.3, 0.4) is 0 Å². The summed E-state index contributed by atoms with van der Waals surface area (Å²) in [5.74, 6) is 0. The molecule has 2 rings (SSSR count). The second kappa shape index (κ2) is 5.83. The lowest BCUT2D eigenvalue weighted by Crippen LogP contribution is -2.44. The van der Waals surface area contributed by atoms with Crippen LogP contribution < -0.4 is 10.6 Å². The molecule has 15 heavy (non-hydrogen) atoms. The minimum atomic E-state index is -0.117. The number of aliphatic hydroxyl groups is 1. The number of nitrogens with one attached hydrogen (secondary N) is 2. The Labute approximate surface area is 92.6 Å². The van der Waals surface area contributed by atoms with Crippen molar-refractivity contribution in [1.29, 1.82) is 0 Å². The van der Waals surface area contributed by atoms with Crippen LogP contribution in [0.5, 0.6) is 0 Å². The van der Waals surface area contributed by atoms with E-state index in [2.05, 4.69) is 10.6 Å². The van der Waals surface area contributed by atoms with Gasteiger partial charge in [-0.05, 0) is 32.2 Å². The summed E-state index contributed by atoms with van der Waals surface area (Å²) < 4.78 is 0. The first-order valence-electron chi connectivity index (χ1n) is 6.51. The summed E-state index contributed by atoms with van der Waals surface area (Å²) in [5.41, 5.74) is 0. The van der Waals surface area contributed by atoms with Crippen LogP contribution in [0, 0.1) is 0 Å². The van der Waals surface area contributed by atoms with Crippen molar-refractivity contribution in [2.45, 2.75) is 63.1 Å². The number of aliphatic hydroxyl groups excluding tert-OH is 1. The van der Waals surface area contributed by atoms with E-state index in [1.807, 2.05) is 0 Å². The van der Waals surface area contributed by atoms with Gasteiger partial charge in [-0.1, -0.05) is 19.3 Å². The predicted octanol–water partition coefficient (Wildman–Crippen LogP) is 1.02. The Morgan fingerprint density at radius 2 is 1.93 bits per heavy atom. The number of hydrogen-bond donors (Lipinski definition) is 3. The third-order valence-electron chi connectivity index (χ3n) is 3.77. The molecule has 3 heteroatoms. The smallest absolute Gasteiger partial charge is 0.0693 e. The van der Waals surface area contributed by atoms with E-state index in [0.29, 0.717) is 12.1 Å². The zero-order valence-corrected chi connectivity index (χ0v) is 9.54. The molecule has 0 amide bonds. The van der Waals surface area contributed by atoms with Gasteiger partial charge >= 0.3 is 0 Å². The fourth-order valence-corrected chi connectivity index (χ4v) is 2.75. The molecule has 0 spiro atoms. The van der Waals surface area contributed by atoms with Crippen LogP contribution in [0.25, 0.3) is 0 Å². The SMILES string of the molecule is OC1CCCCCC1NCC1CCCN1. The topological polar surface area (TPSA) is 44.3 Å². The average Bonchev–Trinajstić information content (AvgIpc) is 2.67. The first-order chi connectivity index (χ1) is 7.36. The maximum absolute atomic E-state index is 9.94. The van der Waals surface area contributed by atoms with E-state index in [4.69, 9.17) is 0 Å². The van der Waals surface area contributed by atoms with Crippen molar-refractivity contribution >= 4 is 0 Å². The fraction of sp³-hybridized carbons (Fsp3) is 1.00. The molecule has 3 atom stereocenters. The van der Waals surface area contributed by atoms with Gasteiger partial charge in [-0.2, -0.15) is 0 Å². The van der Waals surface area contributed by atoms with E-state index in [1.165, 1.54) is 38.6 Å². The van der Waals surface area contributed by atoms with Crippen molar-refractivity contribution in [3.63, 3.8) is 0 Å². The molecule has 0 bridgehead atoms. The molecular weight excluding hydrogens is 188 g/mol. The highest BCUT2D eigenvalue weighted by molar-refractivity contribution is 4.83. The van der Waals surface area contributed by atoms with Gasteiger partial charge in [0.15, 0.2) is 0 Å². The molecule has 1 saturated carbocycles. The quantitative estimate of drug-likeness (QED) is 0.612. The lowest BCUT2D eigenvalue weighted by atomic mass is 10.1. The van der Waals surface area contributed by atoms with E-state index in [0.717, 1.165) is 19.4 Å². The Kier molecular flexibility index (Phi) is 4.42. The Hall–Kier alpha value is -0.120. The minimum absolute atomic E-state index is 0.117. The third-order valence-corrected chi connectivity index (χ3v) is 3.77. The Balaban J connectivity index is 1.71. The van der Waals surface area contributed by atoms with Gasteiger partial charge in [-0.15, -0.1) is 0 Å². The molecule has 3 N–H and O–H groups in total. The molecule has 2 fully saturated rings. The van der Waals surface area contributed by atoms with Gasteiger partial charge in [0, 0.05) is 18.6 Å². The summed E-state index contributed by atoms with van der Waals surface area (Å²) in [6.07, 6.45) is 8.36. The van der Waals surface area contributed by atoms with Gasteiger partial charge in [0.1, 0.15) is 0 Å². The van der Waals surface area contributed by atoms with Crippen LogP contribution in [-0.4, -0.2) is 36.4 Å². The van der Waals surface area contributed by atoms with Crippen molar-refractivity contribution in [3.8, 4) is 0 Å². The monoisotopic (exact) mass is 212 g/mol. The molecule has 0 aromatic carbocycles. The van der Waals surface area contributed by atoms with E-state index in [1.54, 1.807) is 0 Å². The molecule has 2 aliphatic rings. The molecule has 1 heterocycles. The normalized spacial score (nSPS) is 37.8. The van der Waals surface area contributed by atoms with Crippen LogP contribution in [0.1, 0.15) is 44.9 Å². The largest absolute Gasteiger partial charge is 0.392 e. The maximum Gasteiger partial charge on any atom is 0.0693 e. The molecule has 88 valence electrons. The van der Waals surface area contributed by atoms with Crippen LogP contribution in [0.2, 0.25) is 0 Å². The van der Waals surface area contributed by atoms with E-state index >= 15 is 0 Å². The standard InChI is InChI=1S/C12H24N2O/c15-12-7-3-1-2-6-11(12)14-9-10-5-4-8-13-10/h10-15H,1-9H2. The molecule has 3 unspecified atom stereocenters. The number of rotatable bonds is 3. The Morgan fingerprint density at radius 3 is 2.73 bits per heavy atom. The summed E-state index contributed by atoms with van der Waals surface area (Å²) in [4.78, 5) is 0. The van der Waals surface area contributed by atoms with Crippen molar-refractivity contribution < 1.29 is 5.11 Å². The summed E-state index contributed by atoms with van der Waals surface area (Å²) in [6, 6.07) is 0.982. The van der Waals surface area contributed by atoms with E-state index < -0.39 is 0 Å². The van der Waals surface area contributed by atoms with Crippen LogP contribution in [-0.2, 0) is 0 Å². The summed E-state index contributed by atoms with van der Waals surface area (Å²) in [7, 11) is 0. The minimum Gasteiger partial charge on any atom is -0.392 e. The zero-order chi connectivity index (χ0) is 10.5. The molecule has 0 radical (unpaired) electrons. The molecule has 1 aliphatic carbocycles. The van der Waals surface area contributed by atoms with Crippen molar-refractivity contribution in [2.75, 3.05) is 13.1 Å². The molecule has 3 nitrogen and oxygen atoms in total. The molecule has 0 aromatic heterocycles. The van der Waals surface area contributed by atoms with Crippen LogP contribution in [0.15, 0.2) is 0 Å². The van der Waals surface area contributed by atoms with Gasteiger partial charge in [-0.25, -0.2) is 0 Å². The average molecular weight is 212 g/mol. The molecule has 1 saturated heterocycles. The summed E-state index contributed by atoms with van der Waals surface area (Å²) in [6.45, 7) is 2.20. The van der Waals surface area contributed by atoms with Gasteiger partial charge in [-0.3, -0.25) is 0 Å². The highest BCUT2D eigenvalue weighted by atomic mass is 16.3. The second-order valence-electron chi connectivity index (χ2n) is 5.01. The van der Waals surface area contributed by atoms with Crippen LogP contribution in [0.4, 0.5) is 0 Å². The van der Waals surface area contributed by atoms with Crippen molar-refractivity contribution in [3.05, 3.63) is 0 Å². The lowest BCUT2D eigenvalue weighted by Gasteiger charge is -2.23. The van der Waals surface area contributed by atoms with Gasteiger partial charge in [0.2, 0.25) is 0 Å². The molecule has 1 aliphatic heterocycles. The summed E-state index contributed by atoms with van der Waals surface area (Å²) >= 11 is 0. The van der Waals surface area contributed by atoms with E-state index in [9.17, 15) is 5.11 Å². The second-order valence-corrected chi connectivity index (χ2v) is 5.01. The van der Waals surface area contributed by atoms with Crippen molar-refractivity contribution in [2.24, 2.45) is 0 Å². The molecular formula is C12H24N2O. The maximum atomic E-state index is 9.94. The fourth-order valence-electron chi connectivity index (χ4n) is 2.75. The highest BCUT2D eigenvalue weighted by Gasteiger charge is 2.22. The zero-order valence-electron chi connectivity index (χ0n) is 9.54.